The molecule has 2 aromatic heterocycles. The van der Waals surface area contributed by atoms with Gasteiger partial charge >= 0.3 is 0 Å². The van der Waals surface area contributed by atoms with E-state index >= 15 is 0 Å². The highest BCUT2D eigenvalue weighted by Gasteiger charge is 2.21. The number of likely N-dealkylation sites (N-methyl/N-ethyl adjacent to an activating group) is 1. The fourth-order valence-corrected chi connectivity index (χ4v) is 4.17. The lowest BCUT2D eigenvalue weighted by atomic mass is 10.1. The van der Waals surface area contributed by atoms with E-state index in [1.54, 1.807) is 10.7 Å². The molecule has 0 saturated carbocycles. The van der Waals surface area contributed by atoms with Crippen molar-refractivity contribution in [1.29, 1.82) is 0 Å². The van der Waals surface area contributed by atoms with Crippen LogP contribution in [-0.4, -0.2) is 57.8 Å². The first-order chi connectivity index (χ1) is 15.7. The van der Waals surface area contributed by atoms with Gasteiger partial charge < -0.3 is 4.90 Å². The summed E-state index contributed by atoms with van der Waals surface area (Å²) in [5, 5.41) is 4.64. The van der Waals surface area contributed by atoms with Gasteiger partial charge in [-0.25, -0.2) is 14.1 Å². The third kappa shape index (κ3) is 4.20. The van der Waals surface area contributed by atoms with Gasteiger partial charge in [0.1, 0.15) is 5.82 Å². The molecular formula is C26H26FN5. The average Bonchev–Trinajstić information content (AvgIpc) is 3.25. The molecule has 162 valence electrons. The predicted molar refractivity (Wildman–Crippen MR) is 125 cm³/mol. The zero-order valence-corrected chi connectivity index (χ0v) is 18.2. The van der Waals surface area contributed by atoms with Crippen molar-refractivity contribution < 1.29 is 4.39 Å². The molecule has 0 bridgehead atoms. The van der Waals surface area contributed by atoms with E-state index in [0.29, 0.717) is 11.4 Å². The minimum atomic E-state index is -0.255. The molecule has 0 amide bonds. The van der Waals surface area contributed by atoms with E-state index in [9.17, 15) is 4.39 Å². The van der Waals surface area contributed by atoms with Gasteiger partial charge in [0, 0.05) is 55.6 Å². The number of piperazine rings is 1. The molecule has 0 radical (unpaired) electrons. The summed E-state index contributed by atoms with van der Waals surface area (Å²) in [4.78, 5) is 9.40. The molecule has 32 heavy (non-hydrogen) atoms. The van der Waals surface area contributed by atoms with Crippen LogP contribution in [0.2, 0.25) is 0 Å². The second kappa shape index (κ2) is 9.02. The summed E-state index contributed by atoms with van der Waals surface area (Å²) in [6.07, 6.45) is 3.70. The summed E-state index contributed by atoms with van der Waals surface area (Å²) in [6, 6.07) is 21.0. The Hall–Kier alpha value is -3.35. The number of benzene rings is 2. The molecule has 0 spiro atoms. The van der Waals surface area contributed by atoms with Gasteiger partial charge in [-0.1, -0.05) is 42.5 Å². The maximum absolute atomic E-state index is 14.9. The van der Waals surface area contributed by atoms with E-state index < -0.39 is 0 Å². The summed E-state index contributed by atoms with van der Waals surface area (Å²) in [5.41, 5.74) is 4.46. The number of aromatic nitrogens is 3. The molecule has 3 heterocycles. The zero-order valence-electron chi connectivity index (χ0n) is 18.2. The van der Waals surface area contributed by atoms with E-state index in [1.165, 1.54) is 6.07 Å². The van der Waals surface area contributed by atoms with Crippen molar-refractivity contribution in [3.63, 3.8) is 0 Å². The molecule has 2 aromatic carbocycles. The molecule has 1 aliphatic heterocycles. The summed E-state index contributed by atoms with van der Waals surface area (Å²) < 4.78 is 16.6. The Morgan fingerprint density at radius 3 is 2.28 bits per heavy atom. The van der Waals surface area contributed by atoms with E-state index in [4.69, 9.17) is 0 Å². The molecule has 6 heteroatoms. The van der Waals surface area contributed by atoms with Crippen molar-refractivity contribution in [2.45, 2.75) is 6.54 Å². The van der Waals surface area contributed by atoms with Crippen LogP contribution in [0.25, 0.3) is 28.2 Å². The molecule has 4 aromatic rings. The van der Waals surface area contributed by atoms with Crippen molar-refractivity contribution in [1.82, 2.24) is 24.6 Å². The van der Waals surface area contributed by atoms with Crippen LogP contribution < -0.4 is 0 Å². The van der Waals surface area contributed by atoms with Gasteiger partial charge in [-0.05, 0) is 36.9 Å². The number of pyridine rings is 1. The lowest BCUT2D eigenvalue weighted by molar-refractivity contribution is 0.148. The third-order valence-corrected chi connectivity index (χ3v) is 6.04. The fourth-order valence-electron chi connectivity index (χ4n) is 4.17. The van der Waals surface area contributed by atoms with Crippen LogP contribution >= 0.6 is 0 Å². The van der Waals surface area contributed by atoms with Gasteiger partial charge in [-0.15, -0.1) is 0 Å². The van der Waals surface area contributed by atoms with Crippen LogP contribution in [0.1, 0.15) is 5.56 Å². The van der Waals surface area contributed by atoms with Gasteiger partial charge in [0.25, 0.3) is 0 Å². The largest absolute Gasteiger partial charge is 0.304 e. The average molecular weight is 428 g/mol. The van der Waals surface area contributed by atoms with E-state index in [-0.39, 0.29) is 5.82 Å². The predicted octanol–water partition coefficient (Wildman–Crippen LogP) is 4.49. The summed E-state index contributed by atoms with van der Waals surface area (Å²) >= 11 is 0. The van der Waals surface area contributed by atoms with Crippen LogP contribution in [0.4, 0.5) is 4.39 Å². The molecule has 1 fully saturated rings. The Bertz CT molecular complexity index is 1180. The Morgan fingerprint density at radius 2 is 1.56 bits per heavy atom. The SMILES string of the molecule is CN1CCN(Cc2cnn(-c3ccc(-c4ccccc4)cn3)c2-c2ccccc2F)CC1. The quantitative estimate of drug-likeness (QED) is 0.470. The number of hydrogen-bond acceptors (Lipinski definition) is 4. The highest BCUT2D eigenvalue weighted by molar-refractivity contribution is 5.67. The fraction of sp³-hybridized carbons (Fsp3) is 0.231. The number of hydrogen-bond donors (Lipinski definition) is 0. The van der Waals surface area contributed by atoms with Gasteiger partial charge in [-0.3, -0.25) is 4.90 Å². The first kappa shape index (κ1) is 20.5. The first-order valence-corrected chi connectivity index (χ1v) is 10.9. The molecular weight excluding hydrogens is 401 g/mol. The Balaban J connectivity index is 1.52. The van der Waals surface area contributed by atoms with E-state index in [2.05, 4.69) is 39.1 Å². The molecule has 0 unspecified atom stereocenters. The first-order valence-electron chi connectivity index (χ1n) is 10.9. The summed E-state index contributed by atoms with van der Waals surface area (Å²) in [6.45, 7) is 4.78. The van der Waals surface area contributed by atoms with Gasteiger partial charge in [0.15, 0.2) is 5.82 Å². The minimum Gasteiger partial charge on any atom is -0.304 e. The molecule has 0 aliphatic carbocycles. The van der Waals surface area contributed by atoms with Gasteiger partial charge in [0.05, 0.1) is 11.9 Å². The van der Waals surface area contributed by atoms with Crippen molar-refractivity contribution in [3.8, 4) is 28.2 Å². The van der Waals surface area contributed by atoms with Gasteiger partial charge in [-0.2, -0.15) is 5.10 Å². The Morgan fingerprint density at radius 1 is 0.812 bits per heavy atom. The smallest absolute Gasteiger partial charge is 0.154 e. The standard InChI is InChI=1S/C26H26FN5/c1-30-13-15-31(16-14-30)19-22-18-29-32(26(22)23-9-5-6-10-24(23)27)25-12-11-21(17-28-25)20-7-3-2-4-8-20/h2-12,17-18H,13-16,19H2,1H3. The third-order valence-electron chi connectivity index (χ3n) is 6.04. The maximum Gasteiger partial charge on any atom is 0.154 e. The highest BCUT2D eigenvalue weighted by Crippen LogP contribution is 2.30. The second-order valence-electron chi connectivity index (χ2n) is 8.26. The van der Waals surface area contributed by atoms with Crippen LogP contribution in [0.15, 0.2) is 79.1 Å². The summed E-state index contributed by atoms with van der Waals surface area (Å²) in [7, 11) is 2.14. The van der Waals surface area contributed by atoms with Crippen molar-refractivity contribution in [3.05, 3.63) is 90.5 Å². The number of rotatable bonds is 5. The van der Waals surface area contributed by atoms with E-state index in [1.807, 2.05) is 54.9 Å². The van der Waals surface area contributed by atoms with Crippen molar-refractivity contribution in [2.24, 2.45) is 0 Å². The van der Waals surface area contributed by atoms with Crippen LogP contribution in [-0.2, 0) is 6.54 Å². The van der Waals surface area contributed by atoms with Gasteiger partial charge in [0.2, 0.25) is 0 Å². The van der Waals surface area contributed by atoms with Crippen LogP contribution in [0.3, 0.4) is 0 Å². The molecule has 5 nitrogen and oxygen atoms in total. The summed E-state index contributed by atoms with van der Waals surface area (Å²) in [5.74, 6) is 0.419. The maximum atomic E-state index is 14.9. The number of nitrogens with zero attached hydrogens (tertiary/aromatic N) is 5. The highest BCUT2D eigenvalue weighted by atomic mass is 19.1. The van der Waals surface area contributed by atoms with Crippen molar-refractivity contribution in [2.75, 3.05) is 33.2 Å². The molecule has 5 rings (SSSR count). The Labute approximate surface area is 187 Å². The Kier molecular flexibility index (Phi) is 5.79. The molecule has 0 atom stereocenters. The number of halogens is 1. The van der Waals surface area contributed by atoms with Crippen LogP contribution in [0.5, 0.6) is 0 Å². The molecule has 1 aliphatic rings. The monoisotopic (exact) mass is 427 g/mol. The lowest BCUT2D eigenvalue weighted by Gasteiger charge is -2.32. The zero-order chi connectivity index (χ0) is 21.9. The topological polar surface area (TPSA) is 37.2 Å². The second-order valence-corrected chi connectivity index (χ2v) is 8.26. The normalized spacial score (nSPS) is 15.2. The van der Waals surface area contributed by atoms with Crippen LogP contribution in [0, 0.1) is 5.82 Å². The lowest BCUT2D eigenvalue weighted by Crippen LogP contribution is -2.43. The van der Waals surface area contributed by atoms with Crippen molar-refractivity contribution >= 4 is 0 Å². The molecule has 0 N–H and O–H groups in total. The van der Waals surface area contributed by atoms with E-state index in [0.717, 1.165) is 55.1 Å². The minimum absolute atomic E-state index is 0.255. The molecule has 1 saturated heterocycles.